The SMILES string of the molecule is COc1ccc2c(c1)sc1nc(C(=O)NCc3cn(Cc4cccc(Oc5ccccc5)c4)nn3)cn12. The molecule has 0 fully saturated rings. The molecule has 0 spiro atoms. The number of hydrogen-bond acceptors (Lipinski definition) is 7. The Bertz CT molecular complexity index is 1710. The maximum Gasteiger partial charge on any atom is 0.271 e. The van der Waals surface area contributed by atoms with Gasteiger partial charge in [-0.1, -0.05) is 46.9 Å². The Hall–Kier alpha value is -4.70. The fraction of sp³-hybridized carbons (Fsp3) is 0.111. The van der Waals surface area contributed by atoms with Gasteiger partial charge in [-0.05, 0) is 48.0 Å². The van der Waals surface area contributed by atoms with E-state index in [4.69, 9.17) is 9.47 Å². The summed E-state index contributed by atoms with van der Waals surface area (Å²) in [7, 11) is 1.64. The van der Waals surface area contributed by atoms with Crippen molar-refractivity contribution in [1.29, 1.82) is 0 Å². The van der Waals surface area contributed by atoms with Crippen LogP contribution < -0.4 is 14.8 Å². The number of benzene rings is 3. The average Bonchev–Trinajstić information content (AvgIpc) is 3.62. The van der Waals surface area contributed by atoms with Crippen LogP contribution in [0.4, 0.5) is 0 Å². The quantitative estimate of drug-likeness (QED) is 0.312. The van der Waals surface area contributed by atoms with E-state index in [0.29, 0.717) is 17.9 Å². The van der Waals surface area contributed by atoms with Crippen molar-refractivity contribution in [3.63, 3.8) is 0 Å². The summed E-state index contributed by atoms with van der Waals surface area (Å²) in [4.78, 5) is 18.0. The van der Waals surface area contributed by atoms with E-state index in [1.165, 1.54) is 11.3 Å². The second-order valence-corrected chi connectivity index (χ2v) is 9.38. The number of hydrogen-bond donors (Lipinski definition) is 1. The highest BCUT2D eigenvalue weighted by Gasteiger charge is 2.15. The van der Waals surface area contributed by atoms with Crippen LogP contribution >= 0.6 is 11.3 Å². The van der Waals surface area contributed by atoms with Crippen molar-refractivity contribution >= 4 is 32.4 Å². The molecule has 10 heteroatoms. The first kappa shape index (κ1) is 22.7. The minimum atomic E-state index is -0.266. The number of thiazole rings is 1. The van der Waals surface area contributed by atoms with E-state index in [2.05, 4.69) is 20.6 Å². The van der Waals surface area contributed by atoms with Crippen molar-refractivity contribution in [3.8, 4) is 17.2 Å². The largest absolute Gasteiger partial charge is 0.497 e. The summed E-state index contributed by atoms with van der Waals surface area (Å²) in [6.45, 7) is 0.779. The van der Waals surface area contributed by atoms with Gasteiger partial charge in [-0.15, -0.1) is 5.10 Å². The predicted molar refractivity (Wildman–Crippen MR) is 140 cm³/mol. The third-order valence-electron chi connectivity index (χ3n) is 5.77. The molecule has 3 heterocycles. The number of fused-ring (bicyclic) bond motifs is 3. The van der Waals surface area contributed by atoms with Gasteiger partial charge in [0, 0.05) is 6.20 Å². The number of nitrogens with zero attached hydrogens (tertiary/aromatic N) is 5. The number of methoxy groups -OCH3 is 1. The second kappa shape index (κ2) is 9.75. The lowest BCUT2D eigenvalue weighted by Crippen LogP contribution is -2.23. The van der Waals surface area contributed by atoms with Crippen LogP contribution in [-0.2, 0) is 13.1 Å². The fourth-order valence-corrected chi connectivity index (χ4v) is 5.03. The van der Waals surface area contributed by atoms with E-state index < -0.39 is 0 Å². The van der Waals surface area contributed by atoms with Crippen LogP contribution in [0.5, 0.6) is 17.2 Å². The van der Waals surface area contributed by atoms with E-state index in [-0.39, 0.29) is 12.5 Å². The van der Waals surface area contributed by atoms with Crippen LogP contribution in [0.15, 0.2) is 85.2 Å². The maximum absolute atomic E-state index is 12.7. The van der Waals surface area contributed by atoms with Crippen LogP contribution in [0.3, 0.4) is 0 Å². The molecular weight excluding hydrogens is 488 g/mol. The Morgan fingerprint density at radius 3 is 2.70 bits per heavy atom. The predicted octanol–water partition coefficient (Wildman–Crippen LogP) is 4.92. The number of rotatable bonds is 8. The highest BCUT2D eigenvalue weighted by atomic mass is 32.1. The minimum Gasteiger partial charge on any atom is -0.497 e. The van der Waals surface area contributed by atoms with Crippen LogP contribution in [0.25, 0.3) is 15.2 Å². The second-order valence-electron chi connectivity index (χ2n) is 8.37. The van der Waals surface area contributed by atoms with Gasteiger partial charge < -0.3 is 14.8 Å². The number of carbonyl (C=O) groups is 1. The van der Waals surface area contributed by atoms with Gasteiger partial charge in [0.15, 0.2) is 4.96 Å². The first-order valence-corrected chi connectivity index (χ1v) is 12.4. The molecule has 0 aliphatic carbocycles. The van der Waals surface area contributed by atoms with Crippen LogP contribution in [0.1, 0.15) is 21.7 Å². The van der Waals surface area contributed by atoms with Gasteiger partial charge >= 0.3 is 0 Å². The number of para-hydroxylation sites is 1. The van der Waals surface area contributed by atoms with E-state index in [0.717, 1.165) is 38.0 Å². The van der Waals surface area contributed by atoms with Crippen molar-refractivity contribution in [1.82, 2.24) is 29.7 Å². The molecule has 9 nitrogen and oxygen atoms in total. The molecule has 1 amide bonds. The highest BCUT2D eigenvalue weighted by molar-refractivity contribution is 7.23. The topological polar surface area (TPSA) is 95.6 Å². The van der Waals surface area contributed by atoms with Gasteiger partial charge in [-0.25, -0.2) is 9.67 Å². The molecular formula is C27H22N6O3S. The Balaban J connectivity index is 1.08. The molecule has 6 rings (SSSR count). The zero-order chi connectivity index (χ0) is 25.2. The maximum atomic E-state index is 12.7. The lowest BCUT2D eigenvalue weighted by molar-refractivity contribution is 0.0946. The Morgan fingerprint density at radius 2 is 1.84 bits per heavy atom. The van der Waals surface area contributed by atoms with E-state index in [1.54, 1.807) is 18.0 Å². The van der Waals surface area contributed by atoms with Gasteiger partial charge in [-0.3, -0.25) is 9.20 Å². The molecule has 0 bridgehead atoms. The molecule has 0 saturated carbocycles. The van der Waals surface area contributed by atoms with Gasteiger partial charge in [0.2, 0.25) is 0 Å². The van der Waals surface area contributed by atoms with Gasteiger partial charge in [0.25, 0.3) is 5.91 Å². The minimum absolute atomic E-state index is 0.249. The normalized spacial score (nSPS) is 11.2. The summed E-state index contributed by atoms with van der Waals surface area (Å²) in [5.74, 6) is 2.06. The van der Waals surface area contributed by atoms with Gasteiger partial charge in [0.05, 0.1) is 36.6 Å². The highest BCUT2D eigenvalue weighted by Crippen LogP contribution is 2.29. The molecule has 0 radical (unpaired) electrons. The smallest absolute Gasteiger partial charge is 0.271 e. The Labute approximate surface area is 215 Å². The number of amides is 1. The number of aromatic nitrogens is 5. The van der Waals surface area contributed by atoms with Crippen molar-refractivity contribution < 1.29 is 14.3 Å². The van der Waals surface area contributed by atoms with Crippen molar-refractivity contribution in [2.75, 3.05) is 7.11 Å². The molecule has 0 aliphatic rings. The lowest BCUT2D eigenvalue weighted by Gasteiger charge is -2.07. The summed E-state index contributed by atoms with van der Waals surface area (Å²) in [6.07, 6.45) is 3.56. The molecule has 0 saturated heterocycles. The fourth-order valence-electron chi connectivity index (χ4n) is 4.00. The zero-order valence-electron chi connectivity index (χ0n) is 19.9. The molecule has 0 aliphatic heterocycles. The average molecular weight is 511 g/mol. The molecule has 1 N–H and O–H groups in total. The van der Waals surface area contributed by atoms with Crippen molar-refractivity contribution in [2.45, 2.75) is 13.1 Å². The number of ether oxygens (including phenoxy) is 2. The first-order chi connectivity index (χ1) is 18.1. The van der Waals surface area contributed by atoms with E-state index in [9.17, 15) is 4.79 Å². The van der Waals surface area contributed by atoms with Gasteiger partial charge in [-0.2, -0.15) is 0 Å². The summed E-state index contributed by atoms with van der Waals surface area (Å²) < 4.78 is 15.9. The molecule has 0 unspecified atom stereocenters. The Kier molecular flexibility index (Phi) is 5.99. The summed E-state index contributed by atoms with van der Waals surface area (Å²) >= 11 is 1.51. The molecule has 3 aromatic carbocycles. The first-order valence-electron chi connectivity index (χ1n) is 11.6. The van der Waals surface area contributed by atoms with Crippen LogP contribution in [-0.4, -0.2) is 37.4 Å². The van der Waals surface area contributed by atoms with E-state index >= 15 is 0 Å². The van der Waals surface area contributed by atoms with Crippen LogP contribution in [0.2, 0.25) is 0 Å². The zero-order valence-corrected chi connectivity index (χ0v) is 20.7. The summed E-state index contributed by atoms with van der Waals surface area (Å²) in [5.41, 5.74) is 3.01. The number of carbonyl (C=O) groups excluding carboxylic acids is 1. The van der Waals surface area contributed by atoms with Crippen molar-refractivity contribution in [3.05, 3.63) is 102 Å². The summed E-state index contributed by atoms with van der Waals surface area (Å²) in [5, 5.41) is 11.3. The molecule has 0 atom stereocenters. The summed E-state index contributed by atoms with van der Waals surface area (Å²) in [6, 6.07) is 23.3. The third kappa shape index (κ3) is 4.87. The molecule has 37 heavy (non-hydrogen) atoms. The van der Waals surface area contributed by atoms with E-state index in [1.807, 2.05) is 83.4 Å². The lowest BCUT2D eigenvalue weighted by atomic mass is 10.2. The monoisotopic (exact) mass is 510 g/mol. The molecule has 3 aromatic heterocycles. The third-order valence-corrected chi connectivity index (χ3v) is 6.79. The number of imidazole rings is 1. The standard InChI is InChI=1S/C27H22N6O3S/c1-35-21-10-11-24-25(13-21)37-27-29-23(17-33(24)27)26(34)28-14-19-16-32(31-30-19)15-18-6-5-9-22(12-18)36-20-7-3-2-4-8-20/h2-13,16-17H,14-15H2,1H3,(H,28,34). The molecule has 6 aromatic rings. The van der Waals surface area contributed by atoms with Crippen LogP contribution in [0, 0.1) is 0 Å². The van der Waals surface area contributed by atoms with Gasteiger partial charge in [0.1, 0.15) is 28.6 Å². The Morgan fingerprint density at radius 1 is 0.973 bits per heavy atom. The van der Waals surface area contributed by atoms with Crippen molar-refractivity contribution in [2.24, 2.45) is 0 Å². The molecule has 184 valence electrons. The number of nitrogens with one attached hydrogen (secondary N) is 1.